The molecule has 0 aliphatic rings. The number of rotatable bonds is 11. The molecule has 0 aliphatic carbocycles. The Morgan fingerprint density at radius 2 is 1.28 bits per heavy atom. The van der Waals surface area contributed by atoms with Gasteiger partial charge in [-0.2, -0.15) is 35.1 Å². The van der Waals surface area contributed by atoms with Gasteiger partial charge in [0.25, 0.3) is 5.83 Å². The van der Waals surface area contributed by atoms with Crippen molar-refractivity contribution >= 4 is 13.7 Å². The largest absolute Gasteiger partial charge is 0.483 e. The van der Waals surface area contributed by atoms with Gasteiger partial charge >= 0.3 is 32.9 Å². The van der Waals surface area contributed by atoms with Crippen LogP contribution in [0, 0.1) is 29.1 Å². The summed E-state index contributed by atoms with van der Waals surface area (Å²) in [6.45, 7) is -1.18. The van der Waals surface area contributed by atoms with E-state index in [0.29, 0.717) is 0 Å². The van der Waals surface area contributed by atoms with Gasteiger partial charge in [-0.25, -0.2) is 26.7 Å². The van der Waals surface area contributed by atoms with Crippen molar-refractivity contribution in [2.75, 3.05) is 6.61 Å². The van der Waals surface area contributed by atoms with Gasteiger partial charge in [0.2, 0.25) is 5.82 Å². The molecule has 2 aromatic carbocycles. The summed E-state index contributed by atoms with van der Waals surface area (Å²) in [5.74, 6) is -21.9. The van der Waals surface area contributed by atoms with Gasteiger partial charge in [0, 0.05) is 0 Å². The number of benzene rings is 2. The molecule has 0 amide bonds. The van der Waals surface area contributed by atoms with E-state index >= 15 is 0 Å². The van der Waals surface area contributed by atoms with Gasteiger partial charge in [0.1, 0.15) is 0 Å². The van der Waals surface area contributed by atoms with E-state index in [0.717, 1.165) is 6.92 Å². The number of halogens is 13. The fourth-order valence-corrected chi connectivity index (χ4v) is 5.44. The van der Waals surface area contributed by atoms with E-state index in [1.807, 2.05) is 0 Å². The Hall–Kier alpha value is -2.67. The monoisotopic (exact) mass is 606 g/mol. The molecule has 0 fully saturated rings. The number of ether oxygens (including phenoxy) is 2. The SMILES string of the molecule is CCOC(OC(F)(F)C(F)(F)F)(O[Si](C)(OCc1ccccc1)c1c(F)c(F)c(F)c(F)c1F)C(F)=C(F)F. The van der Waals surface area contributed by atoms with E-state index in [-0.39, 0.29) is 12.1 Å². The lowest BCUT2D eigenvalue weighted by Gasteiger charge is -2.40. The van der Waals surface area contributed by atoms with Crippen LogP contribution in [0.3, 0.4) is 0 Å². The highest BCUT2D eigenvalue weighted by molar-refractivity contribution is 6.80. The predicted octanol–water partition coefficient (Wildman–Crippen LogP) is 6.83. The zero-order valence-corrected chi connectivity index (χ0v) is 20.3. The Balaban J connectivity index is 2.89. The first kappa shape index (κ1) is 32.5. The summed E-state index contributed by atoms with van der Waals surface area (Å²) in [4.78, 5) is 0. The molecule has 4 nitrogen and oxygen atoms in total. The molecule has 2 unspecified atom stereocenters. The van der Waals surface area contributed by atoms with Crippen LogP contribution < -0.4 is 5.19 Å². The van der Waals surface area contributed by atoms with Gasteiger partial charge in [-0.3, -0.25) is 0 Å². The highest BCUT2D eigenvalue weighted by atomic mass is 28.4. The maximum absolute atomic E-state index is 14.8. The summed E-state index contributed by atoms with van der Waals surface area (Å²) in [7, 11) is -5.88. The normalized spacial score (nSPS) is 15.6. The molecule has 39 heavy (non-hydrogen) atoms. The minimum Gasteiger partial charge on any atom is -0.386 e. The summed E-state index contributed by atoms with van der Waals surface area (Å²) >= 11 is 0. The van der Waals surface area contributed by atoms with Crippen LogP contribution in [0.2, 0.25) is 6.55 Å². The van der Waals surface area contributed by atoms with Crippen LogP contribution in [0.25, 0.3) is 0 Å². The van der Waals surface area contributed by atoms with Gasteiger partial charge in [-0.15, -0.1) is 0 Å². The van der Waals surface area contributed by atoms with Crippen molar-refractivity contribution in [3.05, 3.63) is 76.9 Å². The lowest BCUT2D eigenvalue weighted by atomic mass is 10.2. The zero-order chi connectivity index (χ0) is 30.0. The summed E-state index contributed by atoms with van der Waals surface area (Å²) in [5.41, 5.74) is 0.0277. The molecular weight excluding hydrogens is 591 g/mol. The molecule has 0 saturated carbocycles. The molecule has 0 spiro atoms. The van der Waals surface area contributed by atoms with E-state index in [1.165, 1.54) is 30.3 Å². The van der Waals surface area contributed by atoms with Crippen LogP contribution in [0.5, 0.6) is 0 Å². The van der Waals surface area contributed by atoms with Crippen molar-refractivity contribution in [3.8, 4) is 0 Å². The Morgan fingerprint density at radius 3 is 1.72 bits per heavy atom. The summed E-state index contributed by atoms with van der Waals surface area (Å²) < 4.78 is 196. The average molecular weight is 606 g/mol. The molecule has 0 heterocycles. The highest BCUT2D eigenvalue weighted by Gasteiger charge is 2.67. The van der Waals surface area contributed by atoms with Crippen molar-refractivity contribution in [1.29, 1.82) is 0 Å². The number of hydrogen-bond donors (Lipinski definition) is 0. The van der Waals surface area contributed by atoms with E-state index in [1.54, 1.807) is 0 Å². The molecule has 0 aliphatic heterocycles. The van der Waals surface area contributed by atoms with Crippen molar-refractivity contribution in [1.82, 2.24) is 0 Å². The molecule has 2 atom stereocenters. The predicted molar refractivity (Wildman–Crippen MR) is 107 cm³/mol. The van der Waals surface area contributed by atoms with Crippen LogP contribution in [0.15, 0.2) is 42.2 Å². The lowest BCUT2D eigenvalue weighted by Crippen LogP contribution is -2.63. The van der Waals surface area contributed by atoms with E-state index in [4.69, 9.17) is 4.43 Å². The van der Waals surface area contributed by atoms with Crippen molar-refractivity contribution < 1.29 is 75.4 Å². The molecular formula is C21H15F13O4Si. The molecule has 0 radical (unpaired) electrons. The van der Waals surface area contributed by atoms with Crippen molar-refractivity contribution in [3.63, 3.8) is 0 Å². The van der Waals surface area contributed by atoms with Crippen LogP contribution in [0.4, 0.5) is 57.1 Å². The molecule has 2 aromatic rings. The summed E-state index contributed by atoms with van der Waals surface area (Å²) in [5, 5.41) is -2.11. The maximum Gasteiger partial charge on any atom is 0.483 e. The smallest absolute Gasteiger partial charge is 0.386 e. The second-order valence-corrected chi connectivity index (χ2v) is 10.3. The second-order valence-electron chi connectivity index (χ2n) is 7.45. The quantitative estimate of drug-likeness (QED) is 0.0924. The Bertz CT molecular complexity index is 1180. The standard InChI is InChI=1S/C21H15F13O4Si/c1-3-35-19(17(27)18(28)29,37-21(33,34)20(30,31)32)38-39(2,36-9-10-7-5-4-6-8-10)16-14(25)12(23)11(22)13(24)15(16)26/h4-8H,3,9H2,1-2H3. The van der Waals surface area contributed by atoms with E-state index in [9.17, 15) is 57.1 Å². The molecule has 18 heteroatoms. The average Bonchev–Trinajstić information content (AvgIpc) is 2.84. The first-order chi connectivity index (χ1) is 17.8. The summed E-state index contributed by atoms with van der Waals surface area (Å²) in [6, 6.07) is 6.60. The summed E-state index contributed by atoms with van der Waals surface area (Å²) in [6.07, 6.45) is -16.9. The van der Waals surface area contributed by atoms with Crippen LogP contribution in [-0.2, 0) is 24.9 Å². The van der Waals surface area contributed by atoms with E-state index in [2.05, 4.69) is 13.9 Å². The fourth-order valence-electron chi connectivity index (χ4n) is 2.97. The first-order valence-corrected chi connectivity index (χ1v) is 12.5. The molecule has 0 saturated heterocycles. The van der Waals surface area contributed by atoms with Gasteiger partial charge in [0.05, 0.1) is 18.4 Å². The topological polar surface area (TPSA) is 36.9 Å². The zero-order valence-electron chi connectivity index (χ0n) is 19.3. The second kappa shape index (κ2) is 11.8. The third kappa shape index (κ3) is 6.74. The fraction of sp³-hybridized carbons (Fsp3) is 0.333. The third-order valence-corrected chi connectivity index (χ3v) is 7.41. The molecule has 0 N–H and O–H groups in total. The molecule has 218 valence electrons. The molecule has 0 bridgehead atoms. The molecule has 0 aromatic heterocycles. The van der Waals surface area contributed by atoms with Gasteiger partial charge < -0.3 is 13.6 Å². The third-order valence-electron chi connectivity index (χ3n) is 4.71. The highest BCUT2D eigenvalue weighted by Crippen LogP contribution is 2.44. The Kier molecular flexibility index (Phi) is 9.87. The number of hydrogen-bond acceptors (Lipinski definition) is 4. The van der Waals surface area contributed by atoms with Gasteiger partial charge in [-0.1, -0.05) is 30.3 Å². The van der Waals surface area contributed by atoms with Crippen LogP contribution >= 0.6 is 0 Å². The minimum absolute atomic E-state index is 0.0277. The van der Waals surface area contributed by atoms with Crippen LogP contribution in [-0.4, -0.2) is 33.4 Å². The Morgan fingerprint density at radius 1 is 0.795 bits per heavy atom. The first-order valence-electron chi connectivity index (χ1n) is 10.2. The Labute approximate surface area is 211 Å². The number of alkyl halides is 5. The minimum atomic E-state index is -6.74. The van der Waals surface area contributed by atoms with Gasteiger partial charge in [-0.05, 0) is 19.0 Å². The molecule has 2 rings (SSSR count). The lowest BCUT2D eigenvalue weighted by molar-refractivity contribution is -0.482. The maximum atomic E-state index is 14.8. The van der Waals surface area contributed by atoms with Crippen molar-refractivity contribution in [2.24, 2.45) is 0 Å². The van der Waals surface area contributed by atoms with Crippen molar-refractivity contribution in [2.45, 2.75) is 38.3 Å². The van der Waals surface area contributed by atoms with E-state index < -0.39 is 86.2 Å². The van der Waals surface area contributed by atoms with Crippen LogP contribution in [0.1, 0.15) is 12.5 Å². The van der Waals surface area contributed by atoms with Gasteiger partial charge in [0.15, 0.2) is 23.3 Å².